The Balaban J connectivity index is 2.59. The molecule has 2 aromatic rings. The average molecular weight is 208 g/mol. The van der Waals surface area contributed by atoms with Crippen molar-refractivity contribution >= 4 is 18.3 Å². The number of aryl methyl sites for hydroxylation is 1. The Labute approximate surface area is 87.3 Å². The van der Waals surface area contributed by atoms with Crippen molar-refractivity contribution in [1.82, 2.24) is 14.6 Å². The highest BCUT2D eigenvalue weighted by Crippen LogP contribution is 2.12. The zero-order valence-corrected chi connectivity index (χ0v) is 8.84. The maximum absolute atomic E-state index is 5.17. The summed E-state index contributed by atoms with van der Waals surface area (Å²) in [4.78, 5) is 4.36. The van der Waals surface area contributed by atoms with E-state index in [2.05, 4.69) is 10.1 Å². The van der Waals surface area contributed by atoms with Crippen LogP contribution in [0.15, 0.2) is 17.2 Å². The second-order valence-corrected chi connectivity index (χ2v) is 3.49. The Morgan fingerprint density at radius 3 is 3.00 bits per heavy atom. The SMILES string of the molecule is COCc1cc([S])n2nc(C)cc2n1. The average Bonchev–Trinajstić information content (AvgIpc) is 2.47. The van der Waals surface area contributed by atoms with Crippen LogP contribution in [0.1, 0.15) is 11.4 Å². The molecule has 0 fully saturated rings. The van der Waals surface area contributed by atoms with Gasteiger partial charge < -0.3 is 4.74 Å². The van der Waals surface area contributed by atoms with E-state index in [9.17, 15) is 0 Å². The van der Waals surface area contributed by atoms with E-state index in [4.69, 9.17) is 17.4 Å². The lowest BCUT2D eigenvalue weighted by Gasteiger charge is -2.01. The number of hydrogen-bond acceptors (Lipinski definition) is 3. The molecule has 0 unspecified atom stereocenters. The van der Waals surface area contributed by atoms with Crippen LogP contribution < -0.4 is 0 Å². The van der Waals surface area contributed by atoms with Crippen LogP contribution in [0.5, 0.6) is 0 Å². The van der Waals surface area contributed by atoms with E-state index in [-0.39, 0.29) is 0 Å². The van der Waals surface area contributed by atoms with Crippen molar-refractivity contribution in [3.63, 3.8) is 0 Å². The summed E-state index contributed by atoms with van der Waals surface area (Å²) in [5.41, 5.74) is 2.53. The molecule has 0 bridgehead atoms. The van der Waals surface area contributed by atoms with Gasteiger partial charge in [0.15, 0.2) is 5.65 Å². The fourth-order valence-corrected chi connectivity index (χ4v) is 1.60. The van der Waals surface area contributed by atoms with Crippen LogP contribution in [0.25, 0.3) is 5.65 Å². The van der Waals surface area contributed by atoms with Crippen LogP contribution in [-0.4, -0.2) is 21.7 Å². The fourth-order valence-electron chi connectivity index (χ4n) is 1.33. The standard InChI is InChI=1S/C9H10N3OS/c1-6-3-8-10-7(5-13-2)4-9(14)12(8)11-6/h3-4H,5H2,1-2H3. The van der Waals surface area contributed by atoms with Crippen molar-refractivity contribution in [1.29, 1.82) is 0 Å². The molecule has 4 nitrogen and oxygen atoms in total. The number of hydrogen-bond donors (Lipinski definition) is 0. The Morgan fingerprint density at radius 2 is 2.29 bits per heavy atom. The summed E-state index contributed by atoms with van der Waals surface area (Å²) in [5, 5.41) is 4.89. The van der Waals surface area contributed by atoms with Gasteiger partial charge in [-0.1, -0.05) is 12.6 Å². The summed E-state index contributed by atoms with van der Waals surface area (Å²) in [6.07, 6.45) is 0. The predicted octanol–water partition coefficient (Wildman–Crippen LogP) is 1.74. The maximum Gasteiger partial charge on any atom is 0.157 e. The summed E-state index contributed by atoms with van der Waals surface area (Å²) in [7, 11) is 1.64. The molecule has 2 aromatic heterocycles. The van der Waals surface area contributed by atoms with E-state index in [1.807, 2.05) is 13.0 Å². The topological polar surface area (TPSA) is 39.4 Å². The van der Waals surface area contributed by atoms with Gasteiger partial charge in [-0.15, -0.1) is 0 Å². The van der Waals surface area contributed by atoms with E-state index >= 15 is 0 Å². The Bertz CT molecular complexity index is 466. The molecular formula is C9H10N3OS. The van der Waals surface area contributed by atoms with Gasteiger partial charge >= 0.3 is 0 Å². The van der Waals surface area contributed by atoms with Crippen molar-refractivity contribution in [2.24, 2.45) is 0 Å². The maximum atomic E-state index is 5.17. The molecular weight excluding hydrogens is 198 g/mol. The van der Waals surface area contributed by atoms with E-state index in [1.165, 1.54) is 0 Å². The molecule has 5 heteroatoms. The monoisotopic (exact) mass is 208 g/mol. The lowest BCUT2D eigenvalue weighted by molar-refractivity contribution is 0.181. The fraction of sp³-hybridized carbons (Fsp3) is 0.333. The quantitative estimate of drug-likeness (QED) is 0.706. The molecule has 0 spiro atoms. The zero-order valence-electron chi connectivity index (χ0n) is 8.02. The molecule has 0 saturated heterocycles. The third-order valence-corrected chi connectivity index (χ3v) is 2.15. The van der Waals surface area contributed by atoms with Crippen LogP contribution >= 0.6 is 12.6 Å². The summed E-state index contributed by atoms with van der Waals surface area (Å²) < 4.78 is 6.66. The number of fused-ring (bicyclic) bond motifs is 1. The van der Waals surface area contributed by atoms with E-state index in [0.29, 0.717) is 11.6 Å². The molecule has 0 saturated carbocycles. The number of methoxy groups -OCH3 is 1. The lowest BCUT2D eigenvalue weighted by Crippen LogP contribution is -1.98. The van der Waals surface area contributed by atoms with E-state index in [0.717, 1.165) is 17.0 Å². The minimum absolute atomic E-state index is 0.477. The van der Waals surface area contributed by atoms with Gasteiger partial charge in [0.05, 0.1) is 18.0 Å². The van der Waals surface area contributed by atoms with Crippen LogP contribution in [-0.2, 0) is 11.3 Å². The molecule has 0 N–H and O–H groups in total. The number of rotatable bonds is 2. The summed E-state index contributed by atoms with van der Waals surface area (Å²) in [6.45, 7) is 2.39. The molecule has 0 aliphatic rings. The largest absolute Gasteiger partial charge is 0.378 e. The van der Waals surface area contributed by atoms with Gasteiger partial charge in [0.2, 0.25) is 0 Å². The Morgan fingerprint density at radius 1 is 1.50 bits per heavy atom. The van der Waals surface area contributed by atoms with Crippen LogP contribution in [0.4, 0.5) is 0 Å². The van der Waals surface area contributed by atoms with Gasteiger partial charge in [0, 0.05) is 13.2 Å². The summed E-state index contributed by atoms with van der Waals surface area (Å²) in [6, 6.07) is 3.70. The minimum Gasteiger partial charge on any atom is -0.378 e. The van der Waals surface area contributed by atoms with Gasteiger partial charge in [0.1, 0.15) is 5.03 Å². The van der Waals surface area contributed by atoms with Crippen molar-refractivity contribution in [2.75, 3.05) is 7.11 Å². The molecule has 14 heavy (non-hydrogen) atoms. The van der Waals surface area contributed by atoms with Gasteiger partial charge in [-0.2, -0.15) is 5.10 Å². The van der Waals surface area contributed by atoms with Crippen molar-refractivity contribution in [3.05, 3.63) is 23.5 Å². The summed E-state index contributed by atoms with van der Waals surface area (Å²) >= 11 is 5.17. The molecule has 0 aromatic carbocycles. The minimum atomic E-state index is 0.477. The molecule has 0 aliphatic carbocycles. The normalized spacial score (nSPS) is 11.0. The molecule has 0 amide bonds. The predicted molar refractivity (Wildman–Crippen MR) is 54.3 cm³/mol. The molecule has 73 valence electrons. The van der Waals surface area contributed by atoms with Gasteiger partial charge in [-0.05, 0) is 13.0 Å². The van der Waals surface area contributed by atoms with Gasteiger partial charge in [-0.25, -0.2) is 9.50 Å². The third kappa shape index (κ3) is 1.56. The molecule has 2 rings (SSSR count). The lowest BCUT2D eigenvalue weighted by atomic mass is 10.4. The van der Waals surface area contributed by atoms with Crippen LogP contribution in [0.2, 0.25) is 0 Å². The molecule has 0 aliphatic heterocycles. The first kappa shape index (κ1) is 9.36. The van der Waals surface area contributed by atoms with Gasteiger partial charge in [-0.3, -0.25) is 0 Å². The number of ether oxygens (including phenoxy) is 1. The van der Waals surface area contributed by atoms with Crippen molar-refractivity contribution < 1.29 is 4.74 Å². The first-order valence-corrected chi connectivity index (χ1v) is 4.64. The zero-order chi connectivity index (χ0) is 10.1. The molecule has 2 heterocycles. The highest BCUT2D eigenvalue weighted by Gasteiger charge is 2.05. The second kappa shape index (κ2) is 3.51. The number of aromatic nitrogens is 3. The highest BCUT2D eigenvalue weighted by molar-refractivity contribution is 7.80. The second-order valence-electron chi connectivity index (χ2n) is 3.07. The first-order valence-electron chi connectivity index (χ1n) is 4.23. The van der Waals surface area contributed by atoms with Crippen LogP contribution in [0, 0.1) is 6.92 Å². The van der Waals surface area contributed by atoms with E-state index in [1.54, 1.807) is 17.7 Å². The van der Waals surface area contributed by atoms with Crippen molar-refractivity contribution in [2.45, 2.75) is 18.6 Å². The smallest absolute Gasteiger partial charge is 0.157 e. The Kier molecular flexibility index (Phi) is 2.35. The third-order valence-electron chi connectivity index (χ3n) is 1.86. The van der Waals surface area contributed by atoms with Crippen LogP contribution in [0.3, 0.4) is 0 Å². The Hall–Kier alpha value is -1.20. The highest BCUT2D eigenvalue weighted by atomic mass is 32.1. The molecule has 0 atom stereocenters. The van der Waals surface area contributed by atoms with Gasteiger partial charge in [0.25, 0.3) is 0 Å². The molecule has 1 radical (unpaired) electrons. The summed E-state index contributed by atoms with van der Waals surface area (Å²) in [5.74, 6) is 0. The number of nitrogens with zero attached hydrogens (tertiary/aromatic N) is 3. The van der Waals surface area contributed by atoms with Crippen molar-refractivity contribution in [3.8, 4) is 0 Å². The first-order chi connectivity index (χ1) is 6.70. The van der Waals surface area contributed by atoms with E-state index < -0.39 is 0 Å².